The van der Waals surface area contributed by atoms with Crippen LogP contribution in [0.15, 0.2) is 6.07 Å². The second kappa shape index (κ2) is 6.75. The van der Waals surface area contributed by atoms with Crippen LogP contribution in [0.3, 0.4) is 0 Å². The Balaban J connectivity index is 1.77. The largest absolute Gasteiger partial charge is 0.496 e. The smallest absolute Gasteiger partial charge is 0.130 e. The molecule has 1 heterocycles. The lowest BCUT2D eigenvalue weighted by molar-refractivity contribution is 0.243. The van der Waals surface area contributed by atoms with Crippen LogP contribution in [0, 0.1) is 5.82 Å². The van der Waals surface area contributed by atoms with Crippen LogP contribution < -0.4 is 10.1 Å². The third kappa shape index (κ3) is 3.22. The molecule has 1 aromatic rings. The second-order valence-corrected chi connectivity index (χ2v) is 6.06. The van der Waals surface area contributed by atoms with Crippen molar-refractivity contribution in [3.63, 3.8) is 0 Å². The number of nitrogens with one attached hydrogen (secondary N) is 1. The Morgan fingerprint density at radius 1 is 1.19 bits per heavy atom. The first-order chi connectivity index (χ1) is 10.3. The Hall–Kier alpha value is -1.13. The highest BCUT2D eigenvalue weighted by atomic mass is 19.1. The fourth-order valence-corrected chi connectivity index (χ4v) is 3.50. The topological polar surface area (TPSA) is 24.5 Å². The zero-order chi connectivity index (χ0) is 14.7. The van der Waals surface area contributed by atoms with Gasteiger partial charge in [-0.25, -0.2) is 4.39 Å². The van der Waals surface area contributed by atoms with Crippen molar-refractivity contribution in [2.45, 2.75) is 32.1 Å². The van der Waals surface area contributed by atoms with Gasteiger partial charge in [-0.3, -0.25) is 0 Å². The first kappa shape index (κ1) is 14.8. The Labute approximate surface area is 126 Å². The molecule has 1 aliphatic carbocycles. The molecule has 3 rings (SSSR count). The molecule has 0 amide bonds. The minimum absolute atomic E-state index is 0.0284. The highest BCUT2D eigenvalue weighted by Gasteiger charge is 2.21. The zero-order valence-electron chi connectivity index (χ0n) is 12.9. The van der Waals surface area contributed by atoms with Crippen LogP contribution in [-0.4, -0.2) is 44.7 Å². The summed E-state index contributed by atoms with van der Waals surface area (Å²) in [7, 11) is 1.70. The Kier molecular flexibility index (Phi) is 4.76. The molecule has 1 aliphatic heterocycles. The Bertz CT molecular complexity index is 498. The normalized spacial score (nSPS) is 19.3. The van der Waals surface area contributed by atoms with Crippen molar-refractivity contribution >= 4 is 0 Å². The third-order valence-electron chi connectivity index (χ3n) is 4.74. The molecule has 1 aromatic carbocycles. The number of fused-ring (bicyclic) bond motifs is 1. The van der Waals surface area contributed by atoms with Gasteiger partial charge in [-0.15, -0.1) is 0 Å². The van der Waals surface area contributed by atoms with E-state index >= 15 is 0 Å². The Morgan fingerprint density at radius 2 is 1.90 bits per heavy atom. The van der Waals surface area contributed by atoms with Crippen molar-refractivity contribution in [2.24, 2.45) is 0 Å². The lowest BCUT2D eigenvalue weighted by atomic mass is 9.88. The van der Waals surface area contributed by atoms with Crippen LogP contribution in [0.25, 0.3) is 0 Å². The molecular formula is C17H25FN2O. The van der Waals surface area contributed by atoms with Gasteiger partial charge in [0, 0.05) is 38.3 Å². The van der Waals surface area contributed by atoms with Crippen molar-refractivity contribution < 1.29 is 9.13 Å². The van der Waals surface area contributed by atoms with E-state index in [0.29, 0.717) is 0 Å². The number of nitrogens with zero attached hydrogens (tertiary/aromatic N) is 1. The maximum atomic E-state index is 14.7. The number of halogens is 1. The summed E-state index contributed by atoms with van der Waals surface area (Å²) in [6.45, 7) is 5.12. The van der Waals surface area contributed by atoms with Crippen molar-refractivity contribution in [1.29, 1.82) is 0 Å². The molecule has 21 heavy (non-hydrogen) atoms. The van der Waals surface area contributed by atoms with Crippen molar-refractivity contribution in [2.75, 3.05) is 39.8 Å². The molecule has 116 valence electrons. The molecule has 0 spiro atoms. The molecule has 0 unspecified atom stereocenters. The molecular weight excluding hydrogens is 267 g/mol. The molecule has 3 nitrogen and oxygen atoms in total. The number of hydrogen-bond donors (Lipinski definition) is 1. The molecule has 2 aliphatic rings. The standard InChI is InChI=1S/C17H25FN2O/c1-21-16-12-13(6-9-20-10-7-19-8-11-20)17(18)15-5-3-2-4-14(15)16/h12,19H,2-11H2,1H3. The zero-order valence-corrected chi connectivity index (χ0v) is 12.9. The summed E-state index contributed by atoms with van der Waals surface area (Å²) in [4.78, 5) is 2.40. The summed E-state index contributed by atoms with van der Waals surface area (Å²) in [5.41, 5.74) is 2.84. The summed E-state index contributed by atoms with van der Waals surface area (Å²) in [6, 6.07) is 1.93. The highest BCUT2D eigenvalue weighted by molar-refractivity contribution is 5.46. The molecule has 1 N–H and O–H groups in total. The molecule has 1 saturated heterocycles. The minimum Gasteiger partial charge on any atom is -0.496 e. The van der Waals surface area contributed by atoms with Crippen molar-refractivity contribution in [3.8, 4) is 5.75 Å². The van der Waals surface area contributed by atoms with Crippen LogP contribution >= 0.6 is 0 Å². The van der Waals surface area contributed by atoms with E-state index in [-0.39, 0.29) is 5.82 Å². The van der Waals surface area contributed by atoms with Gasteiger partial charge in [0.15, 0.2) is 0 Å². The van der Waals surface area contributed by atoms with E-state index in [0.717, 1.165) is 87.3 Å². The summed E-state index contributed by atoms with van der Waals surface area (Å²) in [5.74, 6) is 0.919. The molecule has 4 heteroatoms. The predicted molar refractivity (Wildman–Crippen MR) is 82.6 cm³/mol. The van der Waals surface area contributed by atoms with Gasteiger partial charge in [-0.2, -0.15) is 0 Å². The number of ether oxygens (including phenoxy) is 1. The van der Waals surface area contributed by atoms with Gasteiger partial charge in [-0.1, -0.05) is 0 Å². The van der Waals surface area contributed by atoms with Crippen molar-refractivity contribution in [1.82, 2.24) is 10.2 Å². The third-order valence-corrected chi connectivity index (χ3v) is 4.74. The number of methoxy groups -OCH3 is 1. The van der Waals surface area contributed by atoms with Crippen LogP contribution in [0.1, 0.15) is 29.5 Å². The van der Waals surface area contributed by atoms with E-state index in [1.165, 1.54) is 0 Å². The van der Waals surface area contributed by atoms with Gasteiger partial charge in [0.1, 0.15) is 11.6 Å². The molecule has 1 fully saturated rings. The molecule has 0 radical (unpaired) electrons. The van der Waals surface area contributed by atoms with Crippen LogP contribution in [0.5, 0.6) is 5.75 Å². The predicted octanol–water partition coefficient (Wildman–Crippen LogP) is 2.16. The second-order valence-electron chi connectivity index (χ2n) is 6.06. The van der Waals surface area contributed by atoms with Gasteiger partial charge in [-0.05, 0) is 49.3 Å². The number of rotatable bonds is 4. The van der Waals surface area contributed by atoms with Crippen LogP contribution in [-0.2, 0) is 19.3 Å². The fourth-order valence-electron chi connectivity index (χ4n) is 3.50. The number of hydrogen-bond acceptors (Lipinski definition) is 3. The van der Waals surface area contributed by atoms with E-state index in [1.54, 1.807) is 7.11 Å². The average Bonchev–Trinajstić information content (AvgIpc) is 2.55. The Morgan fingerprint density at radius 3 is 2.62 bits per heavy atom. The SMILES string of the molecule is COc1cc(CCN2CCNCC2)c(F)c2c1CCCC2. The lowest BCUT2D eigenvalue weighted by Gasteiger charge is -2.27. The molecule has 0 bridgehead atoms. The first-order valence-corrected chi connectivity index (χ1v) is 8.10. The summed E-state index contributed by atoms with van der Waals surface area (Å²) >= 11 is 0. The maximum Gasteiger partial charge on any atom is 0.130 e. The lowest BCUT2D eigenvalue weighted by Crippen LogP contribution is -2.44. The van der Waals surface area contributed by atoms with Crippen LogP contribution in [0.4, 0.5) is 4.39 Å². The fraction of sp³-hybridized carbons (Fsp3) is 0.647. The van der Waals surface area contributed by atoms with Crippen LogP contribution in [0.2, 0.25) is 0 Å². The first-order valence-electron chi connectivity index (χ1n) is 8.10. The van der Waals surface area contributed by atoms with Gasteiger partial charge in [0.05, 0.1) is 7.11 Å². The van der Waals surface area contributed by atoms with Gasteiger partial charge >= 0.3 is 0 Å². The summed E-state index contributed by atoms with van der Waals surface area (Å²) < 4.78 is 20.2. The van der Waals surface area contributed by atoms with E-state index in [1.807, 2.05) is 6.07 Å². The number of benzene rings is 1. The van der Waals surface area contributed by atoms with E-state index in [9.17, 15) is 4.39 Å². The quantitative estimate of drug-likeness (QED) is 0.920. The van der Waals surface area contributed by atoms with E-state index in [2.05, 4.69) is 10.2 Å². The monoisotopic (exact) mass is 292 g/mol. The number of piperazine rings is 1. The maximum absolute atomic E-state index is 14.7. The van der Waals surface area contributed by atoms with E-state index in [4.69, 9.17) is 4.74 Å². The average molecular weight is 292 g/mol. The summed E-state index contributed by atoms with van der Waals surface area (Å²) in [5, 5.41) is 3.35. The van der Waals surface area contributed by atoms with E-state index < -0.39 is 0 Å². The minimum atomic E-state index is 0.0284. The summed E-state index contributed by atoms with van der Waals surface area (Å²) in [6.07, 6.45) is 4.82. The van der Waals surface area contributed by atoms with Gasteiger partial charge < -0.3 is 15.0 Å². The molecule has 0 saturated carbocycles. The molecule has 0 aromatic heterocycles. The van der Waals surface area contributed by atoms with Gasteiger partial charge in [0.2, 0.25) is 0 Å². The highest BCUT2D eigenvalue weighted by Crippen LogP contribution is 2.34. The van der Waals surface area contributed by atoms with Crippen molar-refractivity contribution in [3.05, 3.63) is 28.6 Å². The van der Waals surface area contributed by atoms with Gasteiger partial charge in [0.25, 0.3) is 0 Å². The molecule has 0 atom stereocenters.